The Bertz CT molecular complexity index is 879. The second kappa shape index (κ2) is 9.54. The van der Waals surface area contributed by atoms with Gasteiger partial charge in [0.25, 0.3) is 5.91 Å². The molecule has 2 aromatic carbocycles. The van der Waals surface area contributed by atoms with Crippen LogP contribution < -0.4 is 15.4 Å². The standard InChI is InChI=1S/C21H20N2O3S/c24-20(10-5-12-22-21(25)16-11-13-27-15-16)23-17-6-4-9-19(14-17)26-18-7-2-1-3-8-18/h1-4,6-9,11,13-15H,5,10,12H2,(H,22,25)(H,23,24). The molecule has 0 aliphatic heterocycles. The molecule has 0 unspecified atom stereocenters. The maximum Gasteiger partial charge on any atom is 0.252 e. The molecule has 0 radical (unpaired) electrons. The van der Waals surface area contributed by atoms with Crippen molar-refractivity contribution in [2.24, 2.45) is 0 Å². The van der Waals surface area contributed by atoms with Gasteiger partial charge in [-0.3, -0.25) is 9.59 Å². The summed E-state index contributed by atoms with van der Waals surface area (Å²) in [6.45, 7) is 0.458. The Balaban J connectivity index is 1.42. The minimum absolute atomic E-state index is 0.100. The fourth-order valence-electron chi connectivity index (χ4n) is 2.43. The first-order chi connectivity index (χ1) is 13.2. The van der Waals surface area contributed by atoms with E-state index in [0.29, 0.717) is 36.4 Å². The molecule has 27 heavy (non-hydrogen) atoms. The van der Waals surface area contributed by atoms with Crippen LogP contribution >= 0.6 is 11.3 Å². The van der Waals surface area contributed by atoms with Crippen LogP contribution in [0.15, 0.2) is 71.4 Å². The molecule has 0 aliphatic rings. The molecular weight excluding hydrogens is 360 g/mol. The van der Waals surface area contributed by atoms with Gasteiger partial charge in [0.15, 0.2) is 0 Å². The Kier molecular flexibility index (Phi) is 6.60. The van der Waals surface area contributed by atoms with Gasteiger partial charge in [0.05, 0.1) is 0 Å². The van der Waals surface area contributed by atoms with Gasteiger partial charge in [0, 0.05) is 35.7 Å². The lowest BCUT2D eigenvalue weighted by Gasteiger charge is -2.09. The van der Waals surface area contributed by atoms with Gasteiger partial charge in [-0.2, -0.15) is 11.3 Å². The lowest BCUT2D eigenvalue weighted by Crippen LogP contribution is -2.25. The van der Waals surface area contributed by atoms with E-state index in [1.165, 1.54) is 11.3 Å². The van der Waals surface area contributed by atoms with Crippen molar-refractivity contribution in [2.45, 2.75) is 12.8 Å². The average Bonchev–Trinajstić information content (AvgIpc) is 3.21. The van der Waals surface area contributed by atoms with Crippen LogP contribution in [-0.4, -0.2) is 18.4 Å². The summed E-state index contributed by atoms with van der Waals surface area (Å²) in [6.07, 6.45) is 0.898. The maximum absolute atomic E-state index is 12.1. The Hall–Kier alpha value is -3.12. The van der Waals surface area contributed by atoms with Crippen molar-refractivity contribution < 1.29 is 14.3 Å². The molecule has 1 aromatic heterocycles. The number of amides is 2. The number of hydrogen-bond acceptors (Lipinski definition) is 4. The van der Waals surface area contributed by atoms with Crippen molar-refractivity contribution >= 4 is 28.8 Å². The van der Waals surface area contributed by atoms with E-state index in [1.54, 1.807) is 17.5 Å². The van der Waals surface area contributed by atoms with E-state index in [9.17, 15) is 9.59 Å². The number of benzene rings is 2. The molecule has 3 aromatic rings. The molecule has 2 N–H and O–H groups in total. The lowest BCUT2D eigenvalue weighted by atomic mass is 10.2. The lowest BCUT2D eigenvalue weighted by molar-refractivity contribution is -0.116. The molecule has 0 fully saturated rings. The van der Waals surface area contributed by atoms with E-state index in [1.807, 2.05) is 53.9 Å². The number of anilines is 1. The summed E-state index contributed by atoms with van der Waals surface area (Å²) in [5.74, 6) is 1.18. The van der Waals surface area contributed by atoms with Crippen molar-refractivity contribution in [1.82, 2.24) is 5.32 Å². The highest BCUT2D eigenvalue weighted by Gasteiger charge is 2.07. The SMILES string of the molecule is O=C(CCCNC(=O)c1ccsc1)Nc1cccc(Oc2ccccc2)c1. The van der Waals surface area contributed by atoms with Crippen LogP contribution in [0, 0.1) is 0 Å². The highest BCUT2D eigenvalue weighted by molar-refractivity contribution is 7.08. The topological polar surface area (TPSA) is 67.4 Å². The first-order valence-electron chi connectivity index (χ1n) is 8.64. The third-order valence-corrected chi connectivity index (χ3v) is 4.43. The van der Waals surface area contributed by atoms with Gasteiger partial charge in [-0.15, -0.1) is 0 Å². The smallest absolute Gasteiger partial charge is 0.252 e. The summed E-state index contributed by atoms with van der Waals surface area (Å²) in [4.78, 5) is 23.9. The van der Waals surface area contributed by atoms with Crippen LogP contribution in [-0.2, 0) is 4.79 Å². The van der Waals surface area contributed by atoms with Crippen LogP contribution in [0.25, 0.3) is 0 Å². The Morgan fingerprint density at radius 1 is 0.963 bits per heavy atom. The zero-order valence-corrected chi connectivity index (χ0v) is 15.5. The number of rotatable bonds is 8. The van der Waals surface area contributed by atoms with Gasteiger partial charge in [0.2, 0.25) is 5.91 Å². The van der Waals surface area contributed by atoms with E-state index < -0.39 is 0 Å². The molecule has 0 atom stereocenters. The van der Waals surface area contributed by atoms with Crippen molar-refractivity contribution in [1.29, 1.82) is 0 Å². The number of carbonyl (C=O) groups excluding carboxylic acids is 2. The third-order valence-electron chi connectivity index (χ3n) is 3.75. The number of thiophene rings is 1. The number of nitrogens with one attached hydrogen (secondary N) is 2. The summed E-state index contributed by atoms with van der Waals surface area (Å²) in [5, 5.41) is 9.32. The summed E-state index contributed by atoms with van der Waals surface area (Å²) in [7, 11) is 0. The Labute approximate surface area is 162 Å². The van der Waals surface area contributed by atoms with E-state index in [2.05, 4.69) is 10.6 Å². The molecule has 0 bridgehead atoms. The van der Waals surface area contributed by atoms with Gasteiger partial charge in [0.1, 0.15) is 11.5 Å². The second-order valence-electron chi connectivity index (χ2n) is 5.86. The van der Waals surface area contributed by atoms with Crippen LogP contribution in [0.4, 0.5) is 5.69 Å². The number of ether oxygens (including phenoxy) is 1. The molecule has 1 heterocycles. The highest BCUT2D eigenvalue weighted by Crippen LogP contribution is 2.23. The number of carbonyl (C=O) groups is 2. The molecule has 138 valence electrons. The number of para-hydroxylation sites is 1. The van der Waals surface area contributed by atoms with Crippen LogP contribution in [0.2, 0.25) is 0 Å². The summed E-state index contributed by atoms with van der Waals surface area (Å²) in [6, 6.07) is 18.5. The molecular formula is C21H20N2O3S. The predicted molar refractivity (Wildman–Crippen MR) is 107 cm³/mol. The maximum atomic E-state index is 12.1. The monoisotopic (exact) mass is 380 g/mol. The number of hydrogen-bond donors (Lipinski definition) is 2. The van der Waals surface area contributed by atoms with Crippen LogP contribution in [0.1, 0.15) is 23.2 Å². The third kappa shape index (κ3) is 5.97. The van der Waals surface area contributed by atoms with Crippen LogP contribution in [0.5, 0.6) is 11.5 Å². The van der Waals surface area contributed by atoms with E-state index in [4.69, 9.17) is 4.74 Å². The molecule has 5 nitrogen and oxygen atoms in total. The van der Waals surface area contributed by atoms with Crippen molar-refractivity contribution in [3.05, 3.63) is 77.0 Å². The molecule has 3 rings (SSSR count). The first-order valence-corrected chi connectivity index (χ1v) is 9.58. The zero-order chi connectivity index (χ0) is 18.9. The van der Waals surface area contributed by atoms with E-state index in [-0.39, 0.29) is 11.8 Å². The fourth-order valence-corrected chi connectivity index (χ4v) is 3.07. The van der Waals surface area contributed by atoms with Gasteiger partial charge >= 0.3 is 0 Å². The molecule has 0 saturated carbocycles. The summed E-state index contributed by atoms with van der Waals surface area (Å²) < 4.78 is 5.76. The molecule has 0 spiro atoms. The molecule has 6 heteroatoms. The molecule has 0 saturated heterocycles. The zero-order valence-electron chi connectivity index (χ0n) is 14.7. The summed E-state index contributed by atoms with van der Waals surface area (Å²) in [5.41, 5.74) is 1.33. The van der Waals surface area contributed by atoms with Gasteiger partial charge in [-0.25, -0.2) is 0 Å². The minimum atomic E-state index is -0.109. The predicted octanol–water partition coefficient (Wildman–Crippen LogP) is 4.69. The normalized spacial score (nSPS) is 10.2. The Morgan fingerprint density at radius 2 is 1.78 bits per heavy atom. The van der Waals surface area contributed by atoms with Gasteiger partial charge in [-0.05, 0) is 42.1 Å². The van der Waals surface area contributed by atoms with Gasteiger partial charge < -0.3 is 15.4 Å². The largest absolute Gasteiger partial charge is 0.457 e. The van der Waals surface area contributed by atoms with Crippen LogP contribution in [0.3, 0.4) is 0 Å². The summed E-state index contributed by atoms with van der Waals surface area (Å²) >= 11 is 1.48. The van der Waals surface area contributed by atoms with Crippen molar-refractivity contribution in [2.75, 3.05) is 11.9 Å². The average molecular weight is 380 g/mol. The van der Waals surface area contributed by atoms with E-state index >= 15 is 0 Å². The van der Waals surface area contributed by atoms with Gasteiger partial charge in [-0.1, -0.05) is 24.3 Å². The quantitative estimate of drug-likeness (QED) is 0.557. The molecule has 2 amide bonds. The molecule has 0 aliphatic carbocycles. The van der Waals surface area contributed by atoms with E-state index in [0.717, 1.165) is 5.75 Å². The minimum Gasteiger partial charge on any atom is -0.457 e. The highest BCUT2D eigenvalue weighted by atomic mass is 32.1. The fraction of sp³-hybridized carbons (Fsp3) is 0.143. The Morgan fingerprint density at radius 3 is 2.56 bits per heavy atom. The first kappa shape index (κ1) is 18.7. The van der Waals surface area contributed by atoms with Crippen molar-refractivity contribution in [3.8, 4) is 11.5 Å². The van der Waals surface area contributed by atoms with Crippen molar-refractivity contribution in [3.63, 3.8) is 0 Å². The second-order valence-corrected chi connectivity index (χ2v) is 6.64.